The highest BCUT2D eigenvalue weighted by atomic mass is 16.2. The van der Waals surface area contributed by atoms with E-state index in [1.807, 2.05) is 24.3 Å². The molecule has 21 heavy (non-hydrogen) atoms. The number of hydrogen-bond acceptors (Lipinski definition) is 3. The molecular formula is C16H23N3O2. The molecule has 5 heteroatoms. The van der Waals surface area contributed by atoms with Crippen molar-refractivity contribution >= 4 is 17.5 Å². The third kappa shape index (κ3) is 3.82. The average Bonchev–Trinajstić information content (AvgIpc) is 2.87. The third-order valence-corrected chi connectivity index (χ3v) is 4.07. The van der Waals surface area contributed by atoms with Gasteiger partial charge in [-0.2, -0.15) is 0 Å². The maximum atomic E-state index is 12.4. The summed E-state index contributed by atoms with van der Waals surface area (Å²) >= 11 is 0. The summed E-state index contributed by atoms with van der Waals surface area (Å²) in [4.78, 5) is 25.4. The molecule has 0 radical (unpaired) electrons. The largest absolute Gasteiger partial charge is 0.342 e. The zero-order valence-electron chi connectivity index (χ0n) is 12.8. The summed E-state index contributed by atoms with van der Waals surface area (Å²) in [6.45, 7) is 5.71. The number of nitrogens with zero attached hydrogens (tertiary/aromatic N) is 1. The molecule has 114 valence electrons. The minimum atomic E-state index is 0.00333. The number of amides is 2. The van der Waals surface area contributed by atoms with Gasteiger partial charge in [-0.05, 0) is 24.1 Å². The molecule has 0 unspecified atom stereocenters. The monoisotopic (exact) mass is 289 g/mol. The molecule has 2 atom stereocenters. The average molecular weight is 289 g/mol. The van der Waals surface area contributed by atoms with E-state index in [0.29, 0.717) is 12.5 Å². The lowest BCUT2D eigenvalue weighted by Crippen LogP contribution is -2.29. The van der Waals surface area contributed by atoms with Gasteiger partial charge in [0.2, 0.25) is 11.8 Å². The Labute approximate surface area is 125 Å². The first kappa shape index (κ1) is 15.5. The molecule has 0 bridgehead atoms. The highest BCUT2D eigenvalue weighted by molar-refractivity contribution is 5.93. The van der Waals surface area contributed by atoms with Crippen molar-refractivity contribution in [3.63, 3.8) is 0 Å². The first-order chi connectivity index (χ1) is 9.99. The second kappa shape index (κ2) is 6.72. The number of hydrogen-bond donors (Lipinski definition) is 2. The molecule has 1 heterocycles. The van der Waals surface area contributed by atoms with E-state index in [1.165, 1.54) is 6.92 Å². The zero-order chi connectivity index (χ0) is 15.4. The van der Waals surface area contributed by atoms with Crippen molar-refractivity contribution in [3.05, 3.63) is 29.8 Å². The molecule has 0 aromatic heterocycles. The predicted molar refractivity (Wildman–Crippen MR) is 82.7 cm³/mol. The van der Waals surface area contributed by atoms with Crippen LogP contribution in [0.25, 0.3) is 0 Å². The standard InChI is InChI=1S/C16H23N3O2/c1-11-8-17-9-14(11)16(21)18-15-7-5-4-6-13(15)10-19(3)12(2)20/h4-7,11,14,17H,8-10H2,1-3H3,(H,18,21)/t11-,14-/m1/s1. The van der Waals surface area contributed by atoms with Crippen LogP contribution in [-0.2, 0) is 16.1 Å². The van der Waals surface area contributed by atoms with E-state index in [1.54, 1.807) is 11.9 Å². The maximum absolute atomic E-state index is 12.4. The Morgan fingerprint density at radius 2 is 2.05 bits per heavy atom. The van der Waals surface area contributed by atoms with Gasteiger partial charge in [-0.25, -0.2) is 0 Å². The fraction of sp³-hybridized carbons (Fsp3) is 0.500. The summed E-state index contributed by atoms with van der Waals surface area (Å²) in [6.07, 6.45) is 0. The molecule has 1 fully saturated rings. The summed E-state index contributed by atoms with van der Waals surface area (Å²) in [5, 5.41) is 6.25. The molecule has 0 spiro atoms. The summed E-state index contributed by atoms with van der Waals surface area (Å²) < 4.78 is 0. The van der Waals surface area contributed by atoms with Gasteiger partial charge in [0.1, 0.15) is 0 Å². The smallest absolute Gasteiger partial charge is 0.229 e. The van der Waals surface area contributed by atoms with E-state index in [4.69, 9.17) is 0 Å². The molecule has 2 rings (SSSR count). The Morgan fingerprint density at radius 3 is 2.67 bits per heavy atom. The zero-order valence-corrected chi connectivity index (χ0v) is 12.8. The van der Waals surface area contributed by atoms with Crippen molar-refractivity contribution in [1.82, 2.24) is 10.2 Å². The minimum Gasteiger partial charge on any atom is -0.342 e. The van der Waals surface area contributed by atoms with Crippen molar-refractivity contribution < 1.29 is 9.59 Å². The molecule has 0 aliphatic carbocycles. The predicted octanol–water partition coefficient (Wildman–Crippen LogP) is 1.46. The van der Waals surface area contributed by atoms with Gasteiger partial charge in [0.15, 0.2) is 0 Å². The Morgan fingerprint density at radius 1 is 1.33 bits per heavy atom. The van der Waals surface area contributed by atoms with Gasteiger partial charge in [-0.1, -0.05) is 25.1 Å². The van der Waals surface area contributed by atoms with E-state index in [9.17, 15) is 9.59 Å². The van der Waals surface area contributed by atoms with Crippen molar-refractivity contribution in [1.29, 1.82) is 0 Å². The first-order valence-electron chi connectivity index (χ1n) is 7.30. The van der Waals surface area contributed by atoms with Gasteiger partial charge < -0.3 is 15.5 Å². The van der Waals surface area contributed by atoms with Crippen molar-refractivity contribution in [2.75, 3.05) is 25.5 Å². The number of nitrogens with one attached hydrogen (secondary N) is 2. The molecule has 1 saturated heterocycles. The van der Waals surface area contributed by atoms with Gasteiger partial charge in [0.05, 0.1) is 5.92 Å². The molecular weight excluding hydrogens is 266 g/mol. The lowest BCUT2D eigenvalue weighted by atomic mass is 9.97. The van der Waals surface area contributed by atoms with Gasteiger partial charge in [0, 0.05) is 32.7 Å². The molecule has 2 amide bonds. The molecule has 2 N–H and O–H groups in total. The number of anilines is 1. The lowest BCUT2D eigenvalue weighted by molar-refractivity contribution is -0.128. The normalized spacial score (nSPS) is 21.1. The number of benzene rings is 1. The van der Waals surface area contributed by atoms with Crippen LogP contribution in [0.2, 0.25) is 0 Å². The van der Waals surface area contributed by atoms with Crippen molar-refractivity contribution in [2.45, 2.75) is 20.4 Å². The molecule has 1 aromatic rings. The van der Waals surface area contributed by atoms with Crippen LogP contribution in [0.15, 0.2) is 24.3 Å². The van der Waals surface area contributed by atoms with Crippen molar-refractivity contribution in [2.24, 2.45) is 11.8 Å². The minimum absolute atomic E-state index is 0.00333. The van der Waals surface area contributed by atoms with Crippen LogP contribution in [0.1, 0.15) is 19.4 Å². The quantitative estimate of drug-likeness (QED) is 0.882. The molecule has 1 aliphatic rings. The Hall–Kier alpha value is -1.88. The van der Waals surface area contributed by atoms with E-state index in [-0.39, 0.29) is 17.7 Å². The van der Waals surface area contributed by atoms with Gasteiger partial charge >= 0.3 is 0 Å². The van der Waals surface area contributed by atoms with Gasteiger partial charge in [0.25, 0.3) is 0 Å². The summed E-state index contributed by atoms with van der Waals surface area (Å²) in [6, 6.07) is 7.63. The first-order valence-corrected chi connectivity index (χ1v) is 7.30. The highest BCUT2D eigenvalue weighted by Crippen LogP contribution is 2.21. The number of para-hydroxylation sites is 1. The highest BCUT2D eigenvalue weighted by Gasteiger charge is 2.29. The van der Waals surface area contributed by atoms with E-state index >= 15 is 0 Å². The Bertz CT molecular complexity index is 530. The SMILES string of the molecule is CC(=O)N(C)Cc1ccccc1NC(=O)[C@@H]1CNC[C@H]1C. The molecule has 1 aromatic carbocycles. The van der Waals surface area contributed by atoms with Gasteiger partial charge in [-0.3, -0.25) is 9.59 Å². The van der Waals surface area contributed by atoms with E-state index < -0.39 is 0 Å². The van der Waals surface area contributed by atoms with Crippen molar-refractivity contribution in [3.8, 4) is 0 Å². The van der Waals surface area contributed by atoms with Crippen LogP contribution in [0.5, 0.6) is 0 Å². The van der Waals surface area contributed by atoms with E-state index in [0.717, 1.165) is 24.3 Å². The summed E-state index contributed by atoms with van der Waals surface area (Å²) in [5.74, 6) is 0.399. The number of rotatable bonds is 4. The second-order valence-electron chi connectivity index (χ2n) is 5.76. The van der Waals surface area contributed by atoms with Crippen LogP contribution in [0.4, 0.5) is 5.69 Å². The van der Waals surface area contributed by atoms with Crippen LogP contribution in [0.3, 0.4) is 0 Å². The third-order valence-electron chi connectivity index (χ3n) is 4.07. The van der Waals surface area contributed by atoms with Crippen LogP contribution >= 0.6 is 0 Å². The molecule has 5 nitrogen and oxygen atoms in total. The Kier molecular flexibility index (Phi) is 4.96. The number of carbonyl (C=O) groups is 2. The van der Waals surface area contributed by atoms with Crippen LogP contribution in [0, 0.1) is 11.8 Å². The van der Waals surface area contributed by atoms with Gasteiger partial charge in [-0.15, -0.1) is 0 Å². The fourth-order valence-corrected chi connectivity index (χ4v) is 2.53. The number of carbonyl (C=O) groups excluding carboxylic acids is 2. The van der Waals surface area contributed by atoms with E-state index in [2.05, 4.69) is 17.6 Å². The van der Waals surface area contributed by atoms with Crippen LogP contribution < -0.4 is 10.6 Å². The maximum Gasteiger partial charge on any atom is 0.229 e. The fourth-order valence-electron chi connectivity index (χ4n) is 2.53. The molecule has 0 saturated carbocycles. The van der Waals surface area contributed by atoms with Crippen LogP contribution in [-0.4, -0.2) is 36.9 Å². The second-order valence-corrected chi connectivity index (χ2v) is 5.76. The summed E-state index contributed by atoms with van der Waals surface area (Å²) in [7, 11) is 1.75. The Balaban J connectivity index is 2.09. The molecule has 1 aliphatic heterocycles. The topological polar surface area (TPSA) is 61.4 Å². The lowest BCUT2D eigenvalue weighted by Gasteiger charge is -2.19. The summed E-state index contributed by atoms with van der Waals surface area (Å²) in [5.41, 5.74) is 1.73.